The third kappa shape index (κ3) is 6.22. The van der Waals surface area contributed by atoms with Gasteiger partial charge in [0.1, 0.15) is 12.1 Å². The molecule has 2 N–H and O–H groups in total. The lowest BCUT2D eigenvalue weighted by molar-refractivity contribution is 0.571. The number of oxazole rings is 1. The zero-order valence-corrected chi connectivity index (χ0v) is 21.7. The van der Waals surface area contributed by atoms with E-state index in [1.165, 1.54) is 12.1 Å². The maximum absolute atomic E-state index is 13.1. The molecule has 0 unspecified atom stereocenters. The molecule has 9 heteroatoms. The smallest absolute Gasteiger partial charge is 0.226 e. The Morgan fingerprint density at radius 3 is 2.56 bits per heavy atom. The van der Waals surface area contributed by atoms with Crippen molar-refractivity contribution in [3.63, 3.8) is 0 Å². The van der Waals surface area contributed by atoms with Gasteiger partial charge in [-0.2, -0.15) is 5.10 Å². The molecule has 34 heavy (non-hydrogen) atoms. The molecule has 0 saturated carbocycles. The molecule has 0 aliphatic heterocycles. The summed E-state index contributed by atoms with van der Waals surface area (Å²) in [4.78, 5) is 8.79. The average Bonchev–Trinajstić information content (AvgIpc) is 3.42. The molecule has 0 aliphatic carbocycles. The van der Waals surface area contributed by atoms with E-state index < -0.39 is 0 Å². The minimum Gasteiger partial charge on any atom is -0.444 e. The molecular weight excluding hydrogens is 546 g/mol. The SMILES string of the molecule is CN=C(NCCc1coc(-c2ccc(F)cc2)n1)NCc1ccccc1-n1nc(C)cc1C.I. The second-order valence-corrected chi connectivity index (χ2v) is 7.72. The van der Waals surface area contributed by atoms with Crippen LogP contribution in [0.3, 0.4) is 0 Å². The molecule has 178 valence electrons. The first-order valence-electron chi connectivity index (χ1n) is 10.8. The first-order chi connectivity index (χ1) is 16.0. The summed E-state index contributed by atoms with van der Waals surface area (Å²) < 4.78 is 20.6. The van der Waals surface area contributed by atoms with Gasteiger partial charge in [-0.1, -0.05) is 18.2 Å². The Kier molecular flexibility index (Phi) is 8.80. The third-order valence-electron chi connectivity index (χ3n) is 5.22. The van der Waals surface area contributed by atoms with Crippen LogP contribution in [0.1, 0.15) is 22.6 Å². The molecule has 0 atom stereocenters. The highest BCUT2D eigenvalue weighted by Gasteiger charge is 2.10. The van der Waals surface area contributed by atoms with Crippen molar-refractivity contribution in [2.24, 2.45) is 4.99 Å². The number of para-hydroxylation sites is 1. The number of halogens is 2. The van der Waals surface area contributed by atoms with Crippen molar-refractivity contribution >= 4 is 29.9 Å². The lowest BCUT2D eigenvalue weighted by Gasteiger charge is -2.15. The quantitative estimate of drug-likeness (QED) is 0.188. The minimum absolute atomic E-state index is 0. The van der Waals surface area contributed by atoms with Crippen LogP contribution in [0.25, 0.3) is 17.1 Å². The Labute approximate surface area is 215 Å². The monoisotopic (exact) mass is 574 g/mol. The Morgan fingerprint density at radius 2 is 1.85 bits per heavy atom. The highest BCUT2D eigenvalue weighted by molar-refractivity contribution is 14.0. The van der Waals surface area contributed by atoms with E-state index in [0.29, 0.717) is 31.4 Å². The average molecular weight is 574 g/mol. The molecule has 0 radical (unpaired) electrons. The molecule has 2 heterocycles. The van der Waals surface area contributed by atoms with Crippen molar-refractivity contribution in [2.45, 2.75) is 26.8 Å². The molecule has 2 aromatic heterocycles. The zero-order valence-electron chi connectivity index (χ0n) is 19.4. The van der Waals surface area contributed by atoms with Gasteiger partial charge in [0, 0.05) is 37.8 Å². The fourth-order valence-electron chi connectivity index (χ4n) is 3.60. The van der Waals surface area contributed by atoms with Gasteiger partial charge in [-0.15, -0.1) is 24.0 Å². The summed E-state index contributed by atoms with van der Waals surface area (Å²) in [7, 11) is 1.74. The Morgan fingerprint density at radius 1 is 1.09 bits per heavy atom. The summed E-state index contributed by atoms with van der Waals surface area (Å²) in [5, 5.41) is 11.3. The molecule has 7 nitrogen and oxygen atoms in total. The number of aromatic nitrogens is 3. The lowest BCUT2D eigenvalue weighted by atomic mass is 10.1. The van der Waals surface area contributed by atoms with Crippen molar-refractivity contribution in [2.75, 3.05) is 13.6 Å². The van der Waals surface area contributed by atoms with Crippen LogP contribution >= 0.6 is 24.0 Å². The lowest BCUT2D eigenvalue weighted by Crippen LogP contribution is -2.38. The van der Waals surface area contributed by atoms with Gasteiger partial charge in [0.15, 0.2) is 5.96 Å². The van der Waals surface area contributed by atoms with Gasteiger partial charge in [-0.25, -0.2) is 14.1 Å². The number of benzene rings is 2. The maximum atomic E-state index is 13.1. The van der Waals surface area contributed by atoms with Crippen molar-refractivity contribution in [3.8, 4) is 17.1 Å². The van der Waals surface area contributed by atoms with E-state index >= 15 is 0 Å². The third-order valence-corrected chi connectivity index (χ3v) is 5.22. The van der Waals surface area contributed by atoms with E-state index in [0.717, 1.165) is 33.9 Å². The molecule has 2 aromatic carbocycles. The number of hydrogen-bond acceptors (Lipinski definition) is 4. The van der Waals surface area contributed by atoms with Crippen LogP contribution in [0.2, 0.25) is 0 Å². The van der Waals surface area contributed by atoms with Gasteiger partial charge in [-0.3, -0.25) is 4.99 Å². The van der Waals surface area contributed by atoms with E-state index in [9.17, 15) is 4.39 Å². The Hall–Kier alpha value is -3.21. The highest BCUT2D eigenvalue weighted by atomic mass is 127. The first kappa shape index (κ1) is 25.4. The summed E-state index contributed by atoms with van der Waals surface area (Å²) in [6, 6.07) is 16.3. The molecule has 0 saturated heterocycles. The van der Waals surface area contributed by atoms with Gasteiger partial charge >= 0.3 is 0 Å². The Balaban J connectivity index is 0.00000324. The van der Waals surface area contributed by atoms with Crippen LogP contribution in [-0.2, 0) is 13.0 Å². The van der Waals surface area contributed by atoms with Crippen LogP contribution in [0, 0.1) is 19.7 Å². The zero-order chi connectivity index (χ0) is 23.2. The normalized spacial score (nSPS) is 11.2. The van der Waals surface area contributed by atoms with Crippen LogP contribution < -0.4 is 10.6 Å². The molecule has 0 aliphatic rings. The number of nitrogens with zero attached hydrogens (tertiary/aromatic N) is 4. The predicted octanol–water partition coefficient (Wildman–Crippen LogP) is 4.81. The van der Waals surface area contributed by atoms with Gasteiger partial charge in [-0.05, 0) is 55.8 Å². The van der Waals surface area contributed by atoms with E-state index in [2.05, 4.69) is 50.8 Å². The van der Waals surface area contributed by atoms with Crippen LogP contribution in [-0.4, -0.2) is 34.3 Å². The second-order valence-electron chi connectivity index (χ2n) is 7.72. The van der Waals surface area contributed by atoms with Crippen LogP contribution in [0.15, 0.2) is 70.3 Å². The molecular formula is C25H28FIN6O. The predicted molar refractivity (Wildman–Crippen MR) is 142 cm³/mol. The fraction of sp³-hybridized carbons (Fsp3) is 0.240. The summed E-state index contributed by atoms with van der Waals surface area (Å²) in [6.45, 7) is 5.28. The number of guanidine groups is 1. The molecule has 4 rings (SSSR count). The molecule has 0 bridgehead atoms. The maximum Gasteiger partial charge on any atom is 0.226 e. The van der Waals surface area contributed by atoms with Gasteiger partial charge in [0.2, 0.25) is 5.89 Å². The summed E-state index contributed by atoms with van der Waals surface area (Å²) in [5.41, 5.74) is 5.80. The Bertz CT molecular complexity index is 1250. The number of aryl methyl sites for hydroxylation is 2. The number of hydrogen-bond donors (Lipinski definition) is 2. The molecule has 0 fully saturated rings. The van der Waals surface area contributed by atoms with Crippen molar-refractivity contribution in [1.82, 2.24) is 25.4 Å². The number of nitrogens with one attached hydrogen (secondary N) is 2. The van der Waals surface area contributed by atoms with E-state index in [1.807, 2.05) is 23.7 Å². The fourth-order valence-corrected chi connectivity index (χ4v) is 3.60. The summed E-state index contributed by atoms with van der Waals surface area (Å²) >= 11 is 0. The molecule has 0 amide bonds. The summed E-state index contributed by atoms with van der Waals surface area (Å²) in [5.74, 6) is 0.889. The van der Waals surface area contributed by atoms with E-state index in [4.69, 9.17) is 4.42 Å². The second kappa shape index (κ2) is 11.8. The van der Waals surface area contributed by atoms with Crippen LogP contribution in [0.4, 0.5) is 4.39 Å². The topological polar surface area (TPSA) is 80.3 Å². The van der Waals surface area contributed by atoms with E-state index in [1.54, 1.807) is 25.4 Å². The standard InChI is InChI=1S/C25H27FN6O.HI/c1-17-14-18(2)32(31-17)23-7-5-4-6-20(23)15-29-25(27-3)28-13-12-22-16-33-24(30-22)19-8-10-21(26)11-9-19;/h4-11,14,16H,12-13,15H2,1-3H3,(H2,27,28,29);1H. The number of rotatable bonds is 7. The highest BCUT2D eigenvalue weighted by Crippen LogP contribution is 2.19. The first-order valence-corrected chi connectivity index (χ1v) is 10.8. The van der Waals surface area contributed by atoms with Gasteiger partial charge in [0.25, 0.3) is 0 Å². The minimum atomic E-state index is -0.286. The van der Waals surface area contributed by atoms with Gasteiger partial charge in [0.05, 0.1) is 17.1 Å². The van der Waals surface area contributed by atoms with Crippen molar-refractivity contribution in [1.29, 1.82) is 0 Å². The van der Waals surface area contributed by atoms with Crippen molar-refractivity contribution in [3.05, 3.63) is 89.3 Å². The largest absolute Gasteiger partial charge is 0.444 e. The summed E-state index contributed by atoms with van der Waals surface area (Å²) in [6.07, 6.45) is 2.29. The van der Waals surface area contributed by atoms with Gasteiger partial charge < -0.3 is 15.1 Å². The van der Waals surface area contributed by atoms with E-state index in [-0.39, 0.29) is 29.8 Å². The van der Waals surface area contributed by atoms with Crippen LogP contribution in [0.5, 0.6) is 0 Å². The molecule has 0 spiro atoms. The molecule has 4 aromatic rings. The number of aliphatic imine (C=N–C) groups is 1. The van der Waals surface area contributed by atoms with Crippen molar-refractivity contribution < 1.29 is 8.81 Å².